The fourth-order valence-electron chi connectivity index (χ4n) is 3.67. The summed E-state index contributed by atoms with van der Waals surface area (Å²) in [7, 11) is 3.75. The molecule has 0 aliphatic carbocycles. The van der Waals surface area contributed by atoms with E-state index in [0.717, 1.165) is 42.3 Å². The summed E-state index contributed by atoms with van der Waals surface area (Å²) in [6.07, 6.45) is 6.63. The molecular weight excluding hydrogens is 314 g/mol. The van der Waals surface area contributed by atoms with Gasteiger partial charge in [0.05, 0.1) is 31.7 Å². The van der Waals surface area contributed by atoms with Crippen molar-refractivity contribution < 1.29 is 4.74 Å². The molecule has 130 valence electrons. The second-order valence-electron chi connectivity index (χ2n) is 6.57. The first-order chi connectivity index (χ1) is 12.2. The minimum Gasteiger partial charge on any atom is -0.496 e. The van der Waals surface area contributed by atoms with E-state index in [1.807, 2.05) is 25.5 Å². The van der Waals surface area contributed by atoms with E-state index in [1.54, 1.807) is 13.4 Å². The molecule has 25 heavy (non-hydrogen) atoms. The summed E-state index contributed by atoms with van der Waals surface area (Å²) in [4.78, 5) is 14.9. The minimum atomic E-state index is 0.122. The van der Waals surface area contributed by atoms with E-state index in [1.165, 1.54) is 11.3 Å². The van der Waals surface area contributed by atoms with Gasteiger partial charge in [0.25, 0.3) is 0 Å². The number of nitrogens with zero attached hydrogens (tertiary/aromatic N) is 4. The lowest BCUT2D eigenvalue weighted by atomic mass is 9.94. The lowest BCUT2D eigenvalue weighted by Crippen LogP contribution is -2.36. The van der Waals surface area contributed by atoms with Crippen LogP contribution < -0.4 is 4.74 Å². The third kappa shape index (κ3) is 2.82. The van der Waals surface area contributed by atoms with Crippen LogP contribution in [0.4, 0.5) is 0 Å². The zero-order valence-corrected chi connectivity index (χ0v) is 14.9. The van der Waals surface area contributed by atoms with Gasteiger partial charge in [0, 0.05) is 38.1 Å². The molecule has 3 heterocycles. The summed E-state index contributed by atoms with van der Waals surface area (Å²) in [5.74, 6) is 1.98. The summed E-state index contributed by atoms with van der Waals surface area (Å²) < 4.78 is 7.50. The van der Waals surface area contributed by atoms with Crippen molar-refractivity contribution in [3.8, 4) is 5.75 Å². The van der Waals surface area contributed by atoms with Gasteiger partial charge in [0.1, 0.15) is 11.6 Å². The molecule has 0 amide bonds. The Hall–Kier alpha value is -2.60. The maximum atomic E-state index is 5.42. The number of aromatic nitrogens is 4. The van der Waals surface area contributed by atoms with E-state index in [0.29, 0.717) is 0 Å². The lowest BCUT2D eigenvalue weighted by molar-refractivity contribution is 0.193. The minimum absolute atomic E-state index is 0.122. The smallest absolute Gasteiger partial charge is 0.122 e. The Labute approximate surface area is 147 Å². The van der Waals surface area contributed by atoms with Crippen molar-refractivity contribution in [2.45, 2.75) is 25.9 Å². The average Bonchev–Trinajstić information content (AvgIpc) is 3.24. The van der Waals surface area contributed by atoms with Crippen LogP contribution >= 0.6 is 0 Å². The molecule has 0 radical (unpaired) electrons. The van der Waals surface area contributed by atoms with Crippen molar-refractivity contribution in [2.24, 2.45) is 7.05 Å². The molecule has 1 atom stereocenters. The van der Waals surface area contributed by atoms with Crippen LogP contribution in [0.25, 0.3) is 0 Å². The first-order valence-electron chi connectivity index (χ1n) is 8.54. The second-order valence-corrected chi connectivity index (χ2v) is 6.57. The number of fused-ring (bicyclic) bond motifs is 1. The molecule has 3 aromatic rings. The van der Waals surface area contributed by atoms with E-state index in [2.05, 4.69) is 43.5 Å². The molecule has 0 spiro atoms. The molecule has 2 aromatic heterocycles. The topological polar surface area (TPSA) is 59.0 Å². The number of ether oxygens (including phenoxy) is 1. The van der Waals surface area contributed by atoms with Gasteiger partial charge in [-0.3, -0.25) is 4.90 Å². The number of imidazole rings is 2. The van der Waals surface area contributed by atoms with E-state index in [4.69, 9.17) is 4.74 Å². The van der Waals surface area contributed by atoms with Crippen LogP contribution in [-0.4, -0.2) is 38.1 Å². The third-order valence-corrected chi connectivity index (χ3v) is 5.02. The standard InChI is InChI=1S/C19H23N5O/c1-13-10-14(4-5-16(13)25-3)19-18-15(21-12-22-18)6-8-24(19)11-17-20-7-9-23(17)2/h4-5,7,9-10,12,19H,6,8,11H2,1-3H3,(H,21,22). The molecule has 0 saturated carbocycles. The fraction of sp³-hybridized carbons (Fsp3) is 0.368. The Morgan fingerprint density at radius 2 is 2.20 bits per heavy atom. The number of hydrogen-bond donors (Lipinski definition) is 1. The van der Waals surface area contributed by atoms with Crippen molar-refractivity contribution in [3.05, 3.63) is 65.3 Å². The summed E-state index contributed by atoms with van der Waals surface area (Å²) >= 11 is 0. The normalized spacial score (nSPS) is 17.5. The van der Waals surface area contributed by atoms with Gasteiger partial charge in [0.2, 0.25) is 0 Å². The predicted octanol–water partition coefficient (Wildman–Crippen LogP) is 2.61. The Balaban J connectivity index is 1.74. The molecule has 4 rings (SSSR count). The summed E-state index contributed by atoms with van der Waals surface area (Å²) in [5, 5.41) is 0. The van der Waals surface area contributed by atoms with Crippen LogP contribution in [0.5, 0.6) is 5.75 Å². The maximum absolute atomic E-state index is 5.42. The highest BCUT2D eigenvalue weighted by Crippen LogP contribution is 2.35. The van der Waals surface area contributed by atoms with Crippen molar-refractivity contribution in [3.63, 3.8) is 0 Å². The molecule has 6 heteroatoms. The van der Waals surface area contributed by atoms with E-state index < -0.39 is 0 Å². The monoisotopic (exact) mass is 337 g/mol. The van der Waals surface area contributed by atoms with Crippen LogP contribution in [0, 0.1) is 6.92 Å². The number of hydrogen-bond acceptors (Lipinski definition) is 4. The predicted molar refractivity (Wildman–Crippen MR) is 95.5 cm³/mol. The van der Waals surface area contributed by atoms with Gasteiger partial charge in [0.15, 0.2) is 0 Å². The fourth-order valence-corrected chi connectivity index (χ4v) is 3.67. The quantitative estimate of drug-likeness (QED) is 0.795. The van der Waals surface area contributed by atoms with Gasteiger partial charge in [-0.05, 0) is 24.1 Å². The van der Waals surface area contributed by atoms with Crippen molar-refractivity contribution in [1.82, 2.24) is 24.4 Å². The molecule has 6 nitrogen and oxygen atoms in total. The largest absolute Gasteiger partial charge is 0.496 e. The average molecular weight is 337 g/mol. The SMILES string of the molecule is COc1ccc(C2c3nc[nH]c3CCN2Cc2nccn2C)cc1C. The van der Waals surface area contributed by atoms with Crippen LogP contribution in [0.3, 0.4) is 0 Å². The Kier molecular flexibility index (Phi) is 4.05. The van der Waals surface area contributed by atoms with E-state index in [-0.39, 0.29) is 6.04 Å². The Morgan fingerprint density at radius 1 is 1.32 bits per heavy atom. The lowest BCUT2D eigenvalue weighted by Gasteiger charge is -2.35. The number of aromatic amines is 1. The summed E-state index contributed by atoms with van der Waals surface area (Å²) in [5.41, 5.74) is 4.72. The molecule has 0 fully saturated rings. The van der Waals surface area contributed by atoms with Gasteiger partial charge in [-0.15, -0.1) is 0 Å². The summed E-state index contributed by atoms with van der Waals surface area (Å²) in [6, 6.07) is 6.52. The second kappa shape index (κ2) is 6.37. The van der Waals surface area contributed by atoms with Gasteiger partial charge < -0.3 is 14.3 Å². The number of H-pyrrole nitrogens is 1. The highest BCUT2D eigenvalue weighted by atomic mass is 16.5. The molecule has 1 aromatic carbocycles. The highest BCUT2D eigenvalue weighted by molar-refractivity contribution is 5.41. The third-order valence-electron chi connectivity index (χ3n) is 5.02. The van der Waals surface area contributed by atoms with Crippen LogP contribution in [0.1, 0.15) is 34.4 Å². The molecular formula is C19H23N5O. The molecule has 0 bridgehead atoms. The van der Waals surface area contributed by atoms with Gasteiger partial charge >= 0.3 is 0 Å². The first kappa shape index (κ1) is 15.9. The number of benzene rings is 1. The van der Waals surface area contributed by atoms with Gasteiger partial charge in [-0.25, -0.2) is 9.97 Å². The van der Waals surface area contributed by atoms with Crippen LogP contribution in [0.2, 0.25) is 0 Å². The van der Waals surface area contributed by atoms with Crippen molar-refractivity contribution >= 4 is 0 Å². The number of aryl methyl sites for hydroxylation is 2. The maximum Gasteiger partial charge on any atom is 0.122 e. The molecule has 1 aliphatic rings. The number of nitrogens with one attached hydrogen (secondary N) is 1. The van der Waals surface area contributed by atoms with Crippen LogP contribution in [-0.2, 0) is 20.0 Å². The number of rotatable bonds is 4. The zero-order chi connectivity index (χ0) is 17.4. The zero-order valence-electron chi connectivity index (χ0n) is 14.9. The van der Waals surface area contributed by atoms with E-state index >= 15 is 0 Å². The van der Waals surface area contributed by atoms with Crippen LogP contribution in [0.15, 0.2) is 36.9 Å². The number of methoxy groups -OCH3 is 1. The Bertz CT molecular complexity index is 882. The van der Waals surface area contributed by atoms with E-state index in [9.17, 15) is 0 Å². The summed E-state index contributed by atoms with van der Waals surface area (Å²) in [6.45, 7) is 3.85. The van der Waals surface area contributed by atoms with Crippen molar-refractivity contribution in [2.75, 3.05) is 13.7 Å². The first-order valence-corrected chi connectivity index (χ1v) is 8.54. The molecule has 1 unspecified atom stereocenters. The van der Waals surface area contributed by atoms with Crippen molar-refractivity contribution in [1.29, 1.82) is 0 Å². The van der Waals surface area contributed by atoms with Gasteiger partial charge in [-0.2, -0.15) is 0 Å². The molecule has 0 saturated heterocycles. The molecule has 1 aliphatic heterocycles. The highest BCUT2D eigenvalue weighted by Gasteiger charge is 2.31. The molecule has 1 N–H and O–H groups in total. The Morgan fingerprint density at radius 3 is 2.92 bits per heavy atom. The van der Waals surface area contributed by atoms with Gasteiger partial charge in [-0.1, -0.05) is 12.1 Å².